The van der Waals surface area contributed by atoms with Crippen LogP contribution in [0.2, 0.25) is 0 Å². The van der Waals surface area contributed by atoms with E-state index >= 15 is 0 Å². The summed E-state index contributed by atoms with van der Waals surface area (Å²) in [6, 6.07) is 15.0. The second kappa shape index (κ2) is 11.9. The van der Waals surface area contributed by atoms with Gasteiger partial charge in [-0.15, -0.1) is 11.8 Å². The van der Waals surface area contributed by atoms with Crippen LogP contribution in [-0.2, 0) is 10.3 Å². The number of carbonyl (C=O) groups is 1. The summed E-state index contributed by atoms with van der Waals surface area (Å²) in [5.41, 5.74) is 2.87. The molecule has 0 unspecified atom stereocenters. The van der Waals surface area contributed by atoms with Crippen LogP contribution in [0.3, 0.4) is 0 Å². The van der Waals surface area contributed by atoms with Gasteiger partial charge in [0.1, 0.15) is 11.4 Å². The standard InChI is InChI=1S/C31H41NO3S/c1-23-14-17-27(18-15-23)36-21-9-8-20-34-26-16-19-29-28(22-26)31(35-30(33)32-29,24-10-4-2-5-11-24)25-12-6-3-7-13-25/h14-19,22,24-25H,2-13,20-21H2,1H3,(H,32,33). The van der Waals surface area contributed by atoms with Crippen LogP contribution in [0, 0.1) is 18.8 Å². The maximum atomic E-state index is 12.8. The summed E-state index contributed by atoms with van der Waals surface area (Å²) >= 11 is 1.91. The Balaban J connectivity index is 1.27. The number of cyclic esters (lactones) is 1. The van der Waals surface area contributed by atoms with Crippen molar-refractivity contribution in [1.82, 2.24) is 0 Å². The third-order valence-electron chi connectivity index (χ3n) is 8.43. The molecule has 3 aliphatic rings. The van der Waals surface area contributed by atoms with Crippen LogP contribution in [0.4, 0.5) is 10.5 Å². The van der Waals surface area contributed by atoms with E-state index < -0.39 is 5.60 Å². The van der Waals surface area contributed by atoms with Crippen LogP contribution >= 0.6 is 11.8 Å². The van der Waals surface area contributed by atoms with Gasteiger partial charge in [-0.1, -0.05) is 56.2 Å². The van der Waals surface area contributed by atoms with Crippen molar-refractivity contribution in [2.75, 3.05) is 17.7 Å². The summed E-state index contributed by atoms with van der Waals surface area (Å²) in [4.78, 5) is 14.2. The van der Waals surface area contributed by atoms with Crippen LogP contribution in [-0.4, -0.2) is 18.5 Å². The molecule has 5 rings (SSSR count). The van der Waals surface area contributed by atoms with Gasteiger partial charge in [-0.25, -0.2) is 4.79 Å². The zero-order valence-corrected chi connectivity index (χ0v) is 22.5. The molecule has 0 radical (unpaired) electrons. The average molecular weight is 508 g/mol. The average Bonchev–Trinajstić information content (AvgIpc) is 2.92. The minimum atomic E-state index is -0.511. The number of aryl methyl sites for hydroxylation is 1. The molecule has 5 heteroatoms. The highest BCUT2D eigenvalue weighted by Crippen LogP contribution is 2.55. The Morgan fingerprint density at radius 2 is 1.58 bits per heavy atom. The molecule has 2 aromatic rings. The van der Waals surface area contributed by atoms with Crippen LogP contribution in [0.5, 0.6) is 5.75 Å². The molecule has 0 spiro atoms. The van der Waals surface area contributed by atoms with E-state index in [1.165, 1.54) is 49.0 Å². The van der Waals surface area contributed by atoms with Crippen molar-refractivity contribution >= 4 is 23.5 Å². The fourth-order valence-electron chi connectivity index (χ4n) is 6.61. The molecule has 0 saturated heterocycles. The lowest BCUT2D eigenvalue weighted by Crippen LogP contribution is -2.51. The molecular weight excluding hydrogens is 466 g/mol. The number of carbonyl (C=O) groups excluding carboxylic acids is 1. The van der Waals surface area contributed by atoms with Crippen molar-refractivity contribution in [3.05, 3.63) is 53.6 Å². The normalized spacial score (nSPS) is 20.3. The first-order valence-electron chi connectivity index (χ1n) is 14.1. The van der Waals surface area contributed by atoms with Crippen LogP contribution < -0.4 is 10.1 Å². The number of anilines is 1. The topological polar surface area (TPSA) is 47.6 Å². The maximum absolute atomic E-state index is 12.8. The Labute approximate surface area is 220 Å². The van der Waals surface area contributed by atoms with Crippen molar-refractivity contribution in [2.24, 2.45) is 11.8 Å². The zero-order chi connectivity index (χ0) is 24.8. The minimum Gasteiger partial charge on any atom is -0.494 e. The summed E-state index contributed by atoms with van der Waals surface area (Å²) in [5.74, 6) is 2.79. The molecule has 1 N–H and O–H groups in total. The number of thioether (sulfide) groups is 1. The van der Waals surface area contributed by atoms with E-state index in [1.54, 1.807) is 0 Å². The van der Waals surface area contributed by atoms with Gasteiger partial charge in [0.25, 0.3) is 0 Å². The highest BCUT2D eigenvalue weighted by Gasteiger charge is 2.53. The molecule has 0 atom stereocenters. The lowest BCUT2D eigenvalue weighted by molar-refractivity contribution is -0.104. The first-order chi connectivity index (χ1) is 17.6. The third-order valence-corrected chi connectivity index (χ3v) is 9.53. The highest BCUT2D eigenvalue weighted by molar-refractivity contribution is 7.99. The number of nitrogens with one attached hydrogen (secondary N) is 1. The van der Waals surface area contributed by atoms with Gasteiger partial charge in [0, 0.05) is 22.3 Å². The smallest absolute Gasteiger partial charge is 0.412 e. The van der Waals surface area contributed by atoms with Gasteiger partial charge in [0.15, 0.2) is 0 Å². The number of benzene rings is 2. The quantitative estimate of drug-likeness (QED) is 0.272. The summed E-state index contributed by atoms with van der Waals surface area (Å²) in [6.45, 7) is 2.83. The number of ether oxygens (including phenoxy) is 2. The molecule has 1 aliphatic heterocycles. The molecule has 194 valence electrons. The van der Waals surface area contributed by atoms with E-state index in [4.69, 9.17) is 9.47 Å². The summed E-state index contributed by atoms with van der Waals surface area (Å²) in [7, 11) is 0. The molecule has 1 heterocycles. The Bertz CT molecular complexity index is 991. The van der Waals surface area contributed by atoms with Crippen molar-refractivity contribution < 1.29 is 14.3 Å². The van der Waals surface area contributed by atoms with E-state index in [2.05, 4.69) is 42.6 Å². The lowest BCUT2D eigenvalue weighted by Gasteiger charge is -2.50. The Kier molecular flexibility index (Phi) is 8.46. The van der Waals surface area contributed by atoms with E-state index in [0.29, 0.717) is 18.4 Å². The first kappa shape index (κ1) is 25.5. The van der Waals surface area contributed by atoms with Crippen molar-refractivity contribution in [2.45, 2.75) is 94.5 Å². The van der Waals surface area contributed by atoms with Gasteiger partial charge >= 0.3 is 6.09 Å². The van der Waals surface area contributed by atoms with Crippen LogP contribution in [0.1, 0.15) is 88.2 Å². The highest BCUT2D eigenvalue weighted by atomic mass is 32.2. The van der Waals surface area contributed by atoms with E-state index in [-0.39, 0.29) is 6.09 Å². The van der Waals surface area contributed by atoms with Gasteiger partial charge in [-0.3, -0.25) is 5.32 Å². The maximum Gasteiger partial charge on any atom is 0.412 e. The fourth-order valence-corrected chi connectivity index (χ4v) is 7.52. The van der Waals surface area contributed by atoms with Crippen molar-refractivity contribution in [3.63, 3.8) is 0 Å². The van der Waals surface area contributed by atoms with E-state index in [0.717, 1.165) is 61.3 Å². The molecule has 4 nitrogen and oxygen atoms in total. The van der Waals surface area contributed by atoms with Gasteiger partial charge in [-0.2, -0.15) is 0 Å². The van der Waals surface area contributed by atoms with Crippen molar-refractivity contribution in [3.8, 4) is 5.75 Å². The molecule has 2 aliphatic carbocycles. The predicted octanol–water partition coefficient (Wildman–Crippen LogP) is 8.86. The van der Waals surface area contributed by atoms with Crippen LogP contribution in [0.25, 0.3) is 0 Å². The predicted molar refractivity (Wildman–Crippen MR) is 148 cm³/mol. The number of unbranched alkanes of at least 4 members (excludes halogenated alkanes) is 1. The third kappa shape index (κ3) is 5.72. The molecule has 2 saturated carbocycles. The lowest BCUT2D eigenvalue weighted by atomic mass is 9.62. The van der Waals surface area contributed by atoms with Gasteiger partial charge in [0.05, 0.1) is 12.3 Å². The second-order valence-electron chi connectivity index (χ2n) is 10.9. The molecule has 2 aromatic carbocycles. The summed E-state index contributed by atoms with van der Waals surface area (Å²) in [5, 5.41) is 3.00. The molecule has 36 heavy (non-hydrogen) atoms. The van der Waals surface area contributed by atoms with Gasteiger partial charge < -0.3 is 9.47 Å². The molecule has 0 aromatic heterocycles. The summed E-state index contributed by atoms with van der Waals surface area (Å²) in [6.07, 6.45) is 14.0. The SMILES string of the molecule is Cc1ccc(SCCCCOc2ccc3c(c2)C(C2CCCCC2)(C2CCCCC2)OC(=O)N3)cc1. The second-order valence-corrected chi connectivity index (χ2v) is 12.1. The number of fused-ring (bicyclic) bond motifs is 1. The number of rotatable bonds is 9. The minimum absolute atomic E-state index is 0.279. The first-order valence-corrected chi connectivity index (χ1v) is 15.1. The van der Waals surface area contributed by atoms with E-state index in [1.807, 2.05) is 23.9 Å². The summed E-state index contributed by atoms with van der Waals surface area (Å²) < 4.78 is 12.7. The molecule has 1 amide bonds. The Hall–Kier alpha value is -2.14. The molecule has 0 bridgehead atoms. The number of hydrogen-bond donors (Lipinski definition) is 1. The Morgan fingerprint density at radius 3 is 2.25 bits per heavy atom. The van der Waals surface area contributed by atoms with Gasteiger partial charge in [-0.05, 0) is 81.5 Å². The zero-order valence-electron chi connectivity index (χ0n) is 21.7. The largest absolute Gasteiger partial charge is 0.494 e. The number of hydrogen-bond acceptors (Lipinski definition) is 4. The fraction of sp³-hybridized carbons (Fsp3) is 0.581. The van der Waals surface area contributed by atoms with Gasteiger partial charge in [0.2, 0.25) is 0 Å². The van der Waals surface area contributed by atoms with E-state index in [9.17, 15) is 4.79 Å². The van der Waals surface area contributed by atoms with Crippen molar-refractivity contribution in [1.29, 1.82) is 0 Å². The monoisotopic (exact) mass is 507 g/mol. The number of amides is 1. The van der Waals surface area contributed by atoms with Crippen LogP contribution in [0.15, 0.2) is 47.4 Å². The molecular formula is C31H41NO3S. The molecule has 2 fully saturated rings. The Morgan fingerprint density at radius 1 is 0.917 bits per heavy atom.